The number of benzene rings is 1. The monoisotopic (exact) mass is 272 g/mol. The molecule has 1 aromatic carbocycles. The number of hydrogen-bond acceptors (Lipinski definition) is 1. The molecular formula is C17H24N2O. The number of H-pyrrole nitrogens is 1. The van der Waals surface area contributed by atoms with Crippen molar-refractivity contribution in [3.63, 3.8) is 0 Å². The van der Waals surface area contributed by atoms with Gasteiger partial charge in [-0.25, -0.2) is 0 Å². The molecule has 0 fully saturated rings. The van der Waals surface area contributed by atoms with Crippen LogP contribution in [0.5, 0.6) is 0 Å². The van der Waals surface area contributed by atoms with Gasteiger partial charge in [-0.15, -0.1) is 0 Å². The second-order valence-corrected chi connectivity index (χ2v) is 5.25. The zero-order chi connectivity index (χ0) is 14.4. The Balaban J connectivity index is 2.23. The Morgan fingerprint density at radius 2 is 1.80 bits per heavy atom. The summed E-state index contributed by atoms with van der Waals surface area (Å²) in [4.78, 5) is 18.0. The summed E-state index contributed by atoms with van der Waals surface area (Å²) in [6, 6.07) is 7.92. The minimum Gasteiger partial charge on any atom is -0.361 e. The van der Waals surface area contributed by atoms with Crippen molar-refractivity contribution < 1.29 is 4.79 Å². The van der Waals surface area contributed by atoms with E-state index in [4.69, 9.17) is 0 Å². The molecule has 1 aromatic heterocycles. The smallest absolute Gasteiger partial charge is 0.255 e. The lowest BCUT2D eigenvalue weighted by atomic mass is 10.1. The van der Waals surface area contributed by atoms with Gasteiger partial charge in [-0.1, -0.05) is 38.8 Å². The molecule has 0 saturated heterocycles. The fourth-order valence-electron chi connectivity index (χ4n) is 2.45. The van der Waals surface area contributed by atoms with Gasteiger partial charge in [-0.05, 0) is 25.0 Å². The highest BCUT2D eigenvalue weighted by molar-refractivity contribution is 6.05. The Morgan fingerprint density at radius 1 is 1.10 bits per heavy atom. The number of carbonyl (C=O) groups is 1. The summed E-state index contributed by atoms with van der Waals surface area (Å²) in [5.41, 5.74) is 1.75. The molecular weight excluding hydrogens is 248 g/mol. The van der Waals surface area contributed by atoms with Crippen molar-refractivity contribution in [2.24, 2.45) is 0 Å². The van der Waals surface area contributed by atoms with E-state index in [1.54, 1.807) is 0 Å². The van der Waals surface area contributed by atoms with Crippen LogP contribution in [-0.4, -0.2) is 28.9 Å². The number of nitrogens with one attached hydrogen (secondary N) is 1. The van der Waals surface area contributed by atoms with Crippen LogP contribution in [0, 0.1) is 0 Å². The van der Waals surface area contributed by atoms with E-state index >= 15 is 0 Å². The lowest BCUT2D eigenvalue weighted by molar-refractivity contribution is 0.0753. The molecule has 1 amide bonds. The zero-order valence-corrected chi connectivity index (χ0v) is 12.5. The van der Waals surface area contributed by atoms with E-state index in [9.17, 15) is 4.79 Å². The van der Waals surface area contributed by atoms with E-state index in [2.05, 4.69) is 18.8 Å². The van der Waals surface area contributed by atoms with Crippen LogP contribution < -0.4 is 0 Å². The van der Waals surface area contributed by atoms with E-state index in [1.165, 1.54) is 0 Å². The Hall–Kier alpha value is -1.77. The fraction of sp³-hybridized carbons (Fsp3) is 0.471. The van der Waals surface area contributed by atoms with Crippen LogP contribution in [0.1, 0.15) is 49.9 Å². The van der Waals surface area contributed by atoms with Gasteiger partial charge in [0.05, 0.1) is 11.1 Å². The average molecular weight is 272 g/mol. The van der Waals surface area contributed by atoms with Crippen LogP contribution in [0.25, 0.3) is 10.9 Å². The summed E-state index contributed by atoms with van der Waals surface area (Å²) < 4.78 is 0. The first-order chi connectivity index (χ1) is 9.77. The molecule has 3 nitrogen and oxygen atoms in total. The lowest BCUT2D eigenvalue weighted by Crippen LogP contribution is -2.33. The molecule has 2 aromatic rings. The van der Waals surface area contributed by atoms with Gasteiger partial charge in [0.25, 0.3) is 5.91 Å². The maximum Gasteiger partial charge on any atom is 0.255 e. The molecule has 1 heterocycles. The molecule has 0 atom stereocenters. The molecule has 20 heavy (non-hydrogen) atoms. The number of hydrogen-bond donors (Lipinski definition) is 1. The molecule has 108 valence electrons. The third-order valence-corrected chi connectivity index (χ3v) is 3.67. The number of rotatable bonds is 7. The predicted molar refractivity (Wildman–Crippen MR) is 84.0 cm³/mol. The molecule has 0 aliphatic heterocycles. The van der Waals surface area contributed by atoms with Crippen molar-refractivity contribution in [2.45, 2.75) is 39.5 Å². The van der Waals surface area contributed by atoms with Gasteiger partial charge in [0.2, 0.25) is 0 Å². The summed E-state index contributed by atoms with van der Waals surface area (Å²) in [5.74, 6) is 0.153. The number of aromatic nitrogens is 1. The highest BCUT2D eigenvalue weighted by atomic mass is 16.2. The molecule has 0 aliphatic carbocycles. The Kier molecular flexibility index (Phi) is 5.22. The Morgan fingerprint density at radius 3 is 2.45 bits per heavy atom. The number of amides is 1. The lowest BCUT2D eigenvalue weighted by Gasteiger charge is -2.22. The predicted octanol–water partition coefficient (Wildman–Crippen LogP) is 4.21. The number of nitrogens with zero attached hydrogens (tertiary/aromatic N) is 1. The van der Waals surface area contributed by atoms with Crippen molar-refractivity contribution in [1.82, 2.24) is 9.88 Å². The summed E-state index contributed by atoms with van der Waals surface area (Å²) in [6.45, 7) is 6.03. The number of aromatic amines is 1. The second kappa shape index (κ2) is 7.13. The first kappa shape index (κ1) is 14.6. The number of unbranched alkanes of at least 4 members (excludes halogenated alkanes) is 2. The Labute approximate surface area is 121 Å². The SMILES string of the molecule is CCCCN(CCCC)C(=O)c1cccc2cc[nH]c12. The number of carbonyl (C=O) groups excluding carboxylic acids is 1. The van der Waals surface area contributed by atoms with Gasteiger partial charge in [0.15, 0.2) is 0 Å². The van der Waals surface area contributed by atoms with Crippen LogP contribution >= 0.6 is 0 Å². The quantitative estimate of drug-likeness (QED) is 0.805. The van der Waals surface area contributed by atoms with Crippen LogP contribution in [0.3, 0.4) is 0 Å². The third-order valence-electron chi connectivity index (χ3n) is 3.67. The molecule has 0 saturated carbocycles. The minimum atomic E-state index is 0.153. The van der Waals surface area contributed by atoms with Crippen LogP contribution in [0.15, 0.2) is 30.5 Å². The van der Waals surface area contributed by atoms with Crippen molar-refractivity contribution >= 4 is 16.8 Å². The van der Waals surface area contributed by atoms with Crippen LogP contribution in [0.2, 0.25) is 0 Å². The standard InChI is InChI=1S/C17H24N2O/c1-3-5-12-19(13-6-4-2)17(20)15-9-7-8-14-10-11-18-16(14)15/h7-11,18H,3-6,12-13H2,1-2H3. The largest absolute Gasteiger partial charge is 0.361 e. The maximum absolute atomic E-state index is 12.8. The van der Waals surface area contributed by atoms with E-state index in [1.807, 2.05) is 35.4 Å². The molecule has 0 unspecified atom stereocenters. The van der Waals surface area contributed by atoms with E-state index < -0.39 is 0 Å². The Bertz CT molecular complexity index is 551. The molecule has 0 radical (unpaired) electrons. The molecule has 0 spiro atoms. The topological polar surface area (TPSA) is 36.1 Å². The third kappa shape index (κ3) is 3.21. The van der Waals surface area contributed by atoms with Crippen LogP contribution in [0.4, 0.5) is 0 Å². The molecule has 2 rings (SSSR count). The normalized spacial score (nSPS) is 10.9. The summed E-state index contributed by atoms with van der Waals surface area (Å²) in [6.07, 6.45) is 6.25. The summed E-state index contributed by atoms with van der Waals surface area (Å²) >= 11 is 0. The summed E-state index contributed by atoms with van der Waals surface area (Å²) in [7, 11) is 0. The van der Waals surface area contributed by atoms with Crippen molar-refractivity contribution in [2.75, 3.05) is 13.1 Å². The fourth-order valence-corrected chi connectivity index (χ4v) is 2.45. The zero-order valence-electron chi connectivity index (χ0n) is 12.5. The van der Waals surface area contributed by atoms with Gasteiger partial charge in [-0.3, -0.25) is 4.79 Å². The van der Waals surface area contributed by atoms with E-state index in [0.29, 0.717) is 0 Å². The maximum atomic E-state index is 12.8. The highest BCUT2D eigenvalue weighted by Crippen LogP contribution is 2.19. The van der Waals surface area contributed by atoms with Crippen molar-refractivity contribution in [3.05, 3.63) is 36.0 Å². The minimum absolute atomic E-state index is 0.153. The van der Waals surface area contributed by atoms with Crippen molar-refractivity contribution in [3.8, 4) is 0 Å². The number of para-hydroxylation sites is 1. The summed E-state index contributed by atoms with van der Waals surface area (Å²) in [5, 5.41) is 1.10. The molecule has 0 aliphatic rings. The van der Waals surface area contributed by atoms with Gasteiger partial charge in [0, 0.05) is 24.7 Å². The first-order valence-electron chi connectivity index (χ1n) is 7.63. The van der Waals surface area contributed by atoms with Gasteiger partial charge in [-0.2, -0.15) is 0 Å². The van der Waals surface area contributed by atoms with Gasteiger partial charge >= 0.3 is 0 Å². The second-order valence-electron chi connectivity index (χ2n) is 5.25. The van der Waals surface area contributed by atoms with E-state index in [0.717, 1.165) is 55.2 Å². The number of fused-ring (bicyclic) bond motifs is 1. The van der Waals surface area contributed by atoms with E-state index in [-0.39, 0.29) is 5.91 Å². The van der Waals surface area contributed by atoms with Crippen LogP contribution in [-0.2, 0) is 0 Å². The van der Waals surface area contributed by atoms with Crippen molar-refractivity contribution in [1.29, 1.82) is 0 Å². The molecule has 3 heteroatoms. The molecule has 1 N–H and O–H groups in total. The average Bonchev–Trinajstić information content (AvgIpc) is 2.95. The molecule has 0 bridgehead atoms. The van der Waals surface area contributed by atoms with Gasteiger partial charge in [0.1, 0.15) is 0 Å². The van der Waals surface area contributed by atoms with Gasteiger partial charge < -0.3 is 9.88 Å². The first-order valence-corrected chi connectivity index (χ1v) is 7.63. The highest BCUT2D eigenvalue weighted by Gasteiger charge is 2.17.